The van der Waals surface area contributed by atoms with E-state index in [2.05, 4.69) is 5.32 Å². The molecule has 9 nitrogen and oxygen atoms in total. The van der Waals surface area contributed by atoms with Gasteiger partial charge in [0.15, 0.2) is 5.96 Å². The summed E-state index contributed by atoms with van der Waals surface area (Å²) in [7, 11) is 0. The Morgan fingerprint density at radius 2 is 1.85 bits per heavy atom. The number of nitrogens with one attached hydrogen (secondary N) is 2. The zero-order valence-corrected chi connectivity index (χ0v) is 11.7. The molecule has 1 unspecified atom stereocenters. The van der Waals surface area contributed by atoms with Gasteiger partial charge in [-0.1, -0.05) is 13.3 Å². The first-order valence-electron chi connectivity index (χ1n) is 6.09. The minimum absolute atomic E-state index is 0. The summed E-state index contributed by atoms with van der Waals surface area (Å²) in [6.07, 6.45) is 3.06. The monoisotopic (exact) mass is 294 g/mol. The quantitative estimate of drug-likeness (QED) is 0.189. The lowest BCUT2D eigenvalue weighted by atomic mass is 10.2. The summed E-state index contributed by atoms with van der Waals surface area (Å²) in [5.74, 6) is -1.81. The van der Waals surface area contributed by atoms with Crippen molar-refractivity contribution in [1.29, 1.82) is 5.41 Å². The van der Waals surface area contributed by atoms with Crippen LogP contribution in [0.5, 0.6) is 0 Å². The van der Waals surface area contributed by atoms with Crippen LogP contribution in [0, 0.1) is 5.41 Å². The molecule has 9 heteroatoms. The number of nitrogens with two attached hydrogens (primary N) is 2. The Kier molecular flexibility index (Phi) is 17.6. The average Bonchev–Trinajstić information content (AvgIpc) is 2.32. The van der Waals surface area contributed by atoms with Crippen LogP contribution in [0.3, 0.4) is 0 Å². The fourth-order valence-electron chi connectivity index (χ4n) is 0.997. The molecule has 20 heavy (non-hydrogen) atoms. The van der Waals surface area contributed by atoms with Crippen molar-refractivity contribution in [2.24, 2.45) is 11.5 Å². The van der Waals surface area contributed by atoms with Gasteiger partial charge in [0.05, 0.1) is 0 Å². The Labute approximate surface area is 118 Å². The number of carboxylic acids is 2. The van der Waals surface area contributed by atoms with Crippen LogP contribution in [0.25, 0.3) is 0 Å². The maximum absolute atomic E-state index is 10.2. The number of carboxylic acid groups (broad SMARTS) is 2. The van der Waals surface area contributed by atoms with E-state index < -0.39 is 18.0 Å². The van der Waals surface area contributed by atoms with Gasteiger partial charge >= 0.3 is 11.9 Å². The van der Waals surface area contributed by atoms with Gasteiger partial charge in [-0.25, -0.2) is 0 Å². The Balaban J connectivity index is -0.000000312. The molecule has 0 radical (unpaired) electrons. The Hall–Kier alpha value is -1.87. The van der Waals surface area contributed by atoms with Gasteiger partial charge in [-0.15, -0.1) is 0 Å². The van der Waals surface area contributed by atoms with Crippen molar-refractivity contribution in [3.05, 3.63) is 0 Å². The number of carbonyl (C=O) groups is 2. The van der Waals surface area contributed by atoms with Gasteiger partial charge in [0.1, 0.15) is 6.04 Å². The molecule has 0 aromatic heterocycles. The van der Waals surface area contributed by atoms with E-state index in [1.165, 1.54) is 0 Å². The van der Waals surface area contributed by atoms with E-state index in [-0.39, 0.29) is 11.4 Å². The molecule has 0 aromatic rings. The molecule has 0 heterocycles. The second-order valence-corrected chi connectivity index (χ2v) is 3.92. The maximum Gasteiger partial charge on any atom is 0.320 e. The molecule has 120 valence electrons. The van der Waals surface area contributed by atoms with Crippen molar-refractivity contribution in [2.75, 3.05) is 6.54 Å². The molecule has 0 aliphatic carbocycles. The normalized spacial score (nSPS) is 10.3. The lowest BCUT2D eigenvalue weighted by Gasteiger charge is -2.06. The van der Waals surface area contributed by atoms with Gasteiger partial charge in [0, 0.05) is 13.0 Å². The summed E-state index contributed by atoms with van der Waals surface area (Å²) in [4.78, 5) is 20.0. The lowest BCUT2D eigenvalue weighted by Crippen LogP contribution is -2.34. The number of hydrogen-bond acceptors (Lipinski definition) is 4. The highest BCUT2D eigenvalue weighted by Crippen LogP contribution is 1.92. The van der Waals surface area contributed by atoms with Crippen LogP contribution >= 0.6 is 0 Å². The number of hydrogen-bond donors (Lipinski definition) is 6. The predicted octanol–water partition coefficient (Wildman–Crippen LogP) is -0.902. The van der Waals surface area contributed by atoms with Crippen molar-refractivity contribution in [1.82, 2.24) is 5.32 Å². The molecule has 10 N–H and O–H groups in total. The largest absolute Gasteiger partial charge is 0.481 e. The second-order valence-electron chi connectivity index (χ2n) is 3.92. The Morgan fingerprint density at radius 1 is 1.30 bits per heavy atom. The van der Waals surface area contributed by atoms with Crippen LogP contribution in [-0.4, -0.2) is 46.2 Å². The number of unbranched alkanes of at least 4 members (excludes halogenated alkanes) is 1. The molecule has 1 atom stereocenters. The summed E-state index contributed by atoms with van der Waals surface area (Å²) < 4.78 is 0. The summed E-state index contributed by atoms with van der Waals surface area (Å²) in [6.45, 7) is 2.46. The van der Waals surface area contributed by atoms with Crippen molar-refractivity contribution < 1.29 is 25.3 Å². The highest BCUT2D eigenvalue weighted by Gasteiger charge is 2.09. The SMILES string of the molecule is CCCCC(=O)O.N=C(N)NCCCC(N)C(=O)O.O. The van der Waals surface area contributed by atoms with E-state index in [9.17, 15) is 9.59 Å². The van der Waals surface area contributed by atoms with Crippen LogP contribution in [-0.2, 0) is 9.59 Å². The molecule has 0 aliphatic heterocycles. The van der Waals surface area contributed by atoms with Crippen LogP contribution in [0.15, 0.2) is 0 Å². The predicted molar refractivity (Wildman–Crippen MR) is 75.5 cm³/mol. The first kappa shape index (κ1) is 23.2. The van der Waals surface area contributed by atoms with Gasteiger partial charge in [0.25, 0.3) is 0 Å². The standard InChI is InChI=1S/C6H14N4O2.C5H10O2.H2O/c7-4(5(11)12)2-1-3-10-6(8)9;1-2-3-4-5(6)7;/h4H,1-3,7H2,(H,11,12)(H4,8,9,10);2-4H2,1H3,(H,6,7);1H2. The molecule has 0 fully saturated rings. The lowest BCUT2D eigenvalue weighted by molar-refractivity contribution is -0.139. The minimum Gasteiger partial charge on any atom is -0.481 e. The van der Waals surface area contributed by atoms with E-state index >= 15 is 0 Å². The van der Waals surface area contributed by atoms with Crippen molar-refractivity contribution >= 4 is 17.9 Å². The molecular weight excluding hydrogens is 268 g/mol. The number of rotatable bonds is 8. The van der Waals surface area contributed by atoms with E-state index in [0.717, 1.165) is 12.8 Å². The highest BCUT2D eigenvalue weighted by molar-refractivity contribution is 5.74. The summed E-state index contributed by atoms with van der Waals surface area (Å²) in [5, 5.41) is 25.8. The van der Waals surface area contributed by atoms with Crippen molar-refractivity contribution in [3.63, 3.8) is 0 Å². The molecular formula is C11H26N4O5. The topological polar surface area (TPSA) is 194 Å². The Morgan fingerprint density at radius 3 is 2.15 bits per heavy atom. The molecule has 0 spiro atoms. The van der Waals surface area contributed by atoms with Crippen molar-refractivity contribution in [3.8, 4) is 0 Å². The molecule has 0 bridgehead atoms. The fourth-order valence-corrected chi connectivity index (χ4v) is 0.997. The molecule has 0 rings (SSSR count). The number of guanidine groups is 1. The van der Waals surface area contributed by atoms with E-state index in [0.29, 0.717) is 25.8 Å². The zero-order chi connectivity index (χ0) is 15.3. The molecule has 0 saturated carbocycles. The van der Waals surface area contributed by atoms with E-state index in [4.69, 9.17) is 27.1 Å². The first-order valence-corrected chi connectivity index (χ1v) is 6.09. The number of aliphatic carboxylic acids is 2. The Bertz CT molecular complexity index is 286. The summed E-state index contributed by atoms with van der Waals surface area (Å²) in [5.41, 5.74) is 10.2. The molecule has 0 aliphatic rings. The molecule has 0 amide bonds. The smallest absolute Gasteiger partial charge is 0.320 e. The van der Waals surface area contributed by atoms with Crippen LogP contribution in [0.2, 0.25) is 0 Å². The molecule has 0 saturated heterocycles. The third-order valence-electron chi connectivity index (χ3n) is 2.07. The average molecular weight is 294 g/mol. The fraction of sp³-hybridized carbons (Fsp3) is 0.727. The van der Waals surface area contributed by atoms with Crippen LogP contribution in [0.4, 0.5) is 0 Å². The van der Waals surface area contributed by atoms with E-state index in [1.54, 1.807) is 0 Å². The maximum atomic E-state index is 10.2. The van der Waals surface area contributed by atoms with Gasteiger partial charge in [-0.2, -0.15) is 0 Å². The third kappa shape index (κ3) is 21.4. The van der Waals surface area contributed by atoms with Gasteiger partial charge < -0.3 is 32.5 Å². The van der Waals surface area contributed by atoms with Gasteiger partial charge in [-0.05, 0) is 19.3 Å². The zero-order valence-electron chi connectivity index (χ0n) is 11.7. The van der Waals surface area contributed by atoms with E-state index in [1.807, 2.05) is 6.92 Å². The van der Waals surface area contributed by atoms with Gasteiger partial charge in [0.2, 0.25) is 0 Å². The minimum atomic E-state index is -1.00. The molecule has 0 aromatic carbocycles. The second kappa shape index (κ2) is 15.2. The summed E-state index contributed by atoms with van der Waals surface area (Å²) >= 11 is 0. The third-order valence-corrected chi connectivity index (χ3v) is 2.07. The van der Waals surface area contributed by atoms with Crippen molar-refractivity contribution in [2.45, 2.75) is 45.1 Å². The first-order chi connectivity index (χ1) is 8.81. The van der Waals surface area contributed by atoms with Crippen LogP contribution < -0.4 is 16.8 Å². The van der Waals surface area contributed by atoms with Gasteiger partial charge in [-0.3, -0.25) is 15.0 Å². The van der Waals surface area contributed by atoms with Crippen LogP contribution in [0.1, 0.15) is 39.0 Å². The summed E-state index contributed by atoms with van der Waals surface area (Å²) in [6, 6.07) is -0.821. The highest BCUT2D eigenvalue weighted by atomic mass is 16.4.